The summed E-state index contributed by atoms with van der Waals surface area (Å²) in [6.07, 6.45) is -1.23. The van der Waals surface area contributed by atoms with E-state index < -0.39 is 28.6 Å². The van der Waals surface area contributed by atoms with Gasteiger partial charge in [0.15, 0.2) is 6.10 Å². The highest BCUT2D eigenvalue weighted by Gasteiger charge is 2.25. The van der Waals surface area contributed by atoms with Gasteiger partial charge in [0.25, 0.3) is 11.6 Å². The fourth-order valence-electron chi connectivity index (χ4n) is 2.02. The molecule has 1 atom stereocenters. The molecule has 0 aromatic heterocycles. The number of nitriles is 1. The summed E-state index contributed by atoms with van der Waals surface area (Å²) in [5, 5.41) is 22.5. The maximum atomic E-state index is 12.2. The Hall–Kier alpha value is -3.44. The zero-order chi connectivity index (χ0) is 19.3. The molecule has 2 aromatic carbocycles. The van der Waals surface area contributed by atoms with Gasteiger partial charge in [-0.3, -0.25) is 14.9 Å². The van der Waals surface area contributed by atoms with Crippen molar-refractivity contribution < 1.29 is 19.2 Å². The molecule has 0 heterocycles. The number of amides is 1. The molecule has 0 saturated heterocycles. The first-order valence-electron chi connectivity index (χ1n) is 7.27. The Morgan fingerprint density at radius 3 is 2.69 bits per heavy atom. The highest BCUT2D eigenvalue weighted by molar-refractivity contribution is 6.31. The molecule has 2 rings (SSSR count). The van der Waals surface area contributed by atoms with Crippen LogP contribution in [0.4, 0.5) is 11.4 Å². The number of nitro groups is 1. The molecule has 0 saturated carbocycles. The first-order chi connectivity index (χ1) is 12.3. The number of halogens is 1. The molecule has 1 amide bonds. The van der Waals surface area contributed by atoms with E-state index in [1.807, 2.05) is 6.07 Å². The molecule has 0 fully saturated rings. The maximum Gasteiger partial charge on any atom is 0.345 e. The number of hydrogen-bond donors (Lipinski definition) is 1. The number of ether oxygens (including phenoxy) is 1. The van der Waals surface area contributed by atoms with Crippen molar-refractivity contribution in [2.24, 2.45) is 0 Å². The van der Waals surface area contributed by atoms with Crippen LogP contribution in [0.25, 0.3) is 0 Å². The van der Waals surface area contributed by atoms with E-state index in [4.69, 9.17) is 21.6 Å². The Morgan fingerprint density at radius 1 is 1.31 bits per heavy atom. The fraction of sp³-hybridized carbons (Fsp3) is 0.118. The van der Waals surface area contributed by atoms with Crippen LogP contribution in [0.5, 0.6) is 0 Å². The summed E-state index contributed by atoms with van der Waals surface area (Å²) in [7, 11) is 0. The quantitative estimate of drug-likeness (QED) is 0.487. The summed E-state index contributed by atoms with van der Waals surface area (Å²) in [5.74, 6) is -1.70. The molecule has 0 spiro atoms. The number of hydrogen-bond acceptors (Lipinski definition) is 6. The lowest BCUT2D eigenvalue weighted by Gasteiger charge is -2.14. The minimum absolute atomic E-state index is 0.118. The summed E-state index contributed by atoms with van der Waals surface area (Å²) in [6.45, 7) is 1.32. The average Bonchev–Trinajstić information content (AvgIpc) is 2.61. The van der Waals surface area contributed by atoms with Gasteiger partial charge in [-0.2, -0.15) is 5.26 Å². The molecule has 1 N–H and O–H groups in total. The van der Waals surface area contributed by atoms with Crippen molar-refractivity contribution in [2.75, 3.05) is 5.32 Å². The molecule has 26 heavy (non-hydrogen) atoms. The number of benzene rings is 2. The summed E-state index contributed by atoms with van der Waals surface area (Å²) in [4.78, 5) is 34.6. The lowest BCUT2D eigenvalue weighted by Crippen LogP contribution is -2.30. The van der Waals surface area contributed by atoms with Gasteiger partial charge in [0.1, 0.15) is 5.56 Å². The summed E-state index contributed by atoms with van der Waals surface area (Å²) >= 11 is 5.76. The summed E-state index contributed by atoms with van der Waals surface area (Å²) in [6, 6.07) is 11.6. The van der Waals surface area contributed by atoms with Gasteiger partial charge in [-0.1, -0.05) is 17.7 Å². The van der Waals surface area contributed by atoms with Crippen LogP contribution in [0.3, 0.4) is 0 Å². The van der Waals surface area contributed by atoms with Crippen molar-refractivity contribution in [3.63, 3.8) is 0 Å². The average molecular weight is 374 g/mol. The predicted molar refractivity (Wildman–Crippen MR) is 92.8 cm³/mol. The highest BCUT2D eigenvalue weighted by Crippen LogP contribution is 2.24. The molecule has 0 aliphatic carbocycles. The van der Waals surface area contributed by atoms with Crippen molar-refractivity contribution in [1.82, 2.24) is 0 Å². The first-order valence-corrected chi connectivity index (χ1v) is 7.65. The van der Waals surface area contributed by atoms with Crippen LogP contribution in [0, 0.1) is 21.4 Å². The Balaban J connectivity index is 2.11. The van der Waals surface area contributed by atoms with Crippen molar-refractivity contribution in [2.45, 2.75) is 13.0 Å². The Bertz CT molecular complexity index is 923. The van der Waals surface area contributed by atoms with Crippen LogP contribution in [-0.2, 0) is 9.53 Å². The van der Waals surface area contributed by atoms with E-state index in [1.165, 1.54) is 19.1 Å². The summed E-state index contributed by atoms with van der Waals surface area (Å²) in [5.41, 5.74) is -0.130. The van der Waals surface area contributed by atoms with Gasteiger partial charge in [-0.15, -0.1) is 0 Å². The van der Waals surface area contributed by atoms with E-state index in [1.54, 1.807) is 18.2 Å². The third-order valence-electron chi connectivity index (χ3n) is 3.29. The van der Waals surface area contributed by atoms with E-state index in [0.717, 1.165) is 12.1 Å². The topological polar surface area (TPSA) is 122 Å². The standard InChI is InChI=1S/C17H12ClN3O5/c1-10(16(22)20-13-4-2-3-11(7-13)9-19)26-17(23)14-8-12(18)5-6-15(14)21(24)25/h2-8,10H,1H3,(H,20,22)/t10-/m0/s1. The second-order valence-corrected chi connectivity index (χ2v) is 5.58. The monoisotopic (exact) mass is 373 g/mol. The van der Waals surface area contributed by atoms with Crippen LogP contribution in [0.1, 0.15) is 22.8 Å². The maximum absolute atomic E-state index is 12.2. The third kappa shape index (κ3) is 4.55. The number of nitrogens with zero attached hydrogens (tertiary/aromatic N) is 2. The lowest BCUT2D eigenvalue weighted by atomic mass is 10.2. The second-order valence-electron chi connectivity index (χ2n) is 5.15. The van der Waals surface area contributed by atoms with E-state index >= 15 is 0 Å². The van der Waals surface area contributed by atoms with Crippen molar-refractivity contribution >= 4 is 34.9 Å². The number of rotatable bonds is 5. The molecular weight excluding hydrogens is 362 g/mol. The normalized spacial score (nSPS) is 11.1. The van der Waals surface area contributed by atoms with Gasteiger partial charge in [0, 0.05) is 16.8 Å². The second kappa shape index (κ2) is 8.09. The molecule has 0 bridgehead atoms. The van der Waals surface area contributed by atoms with Crippen LogP contribution in [-0.4, -0.2) is 22.9 Å². The number of esters is 1. The van der Waals surface area contributed by atoms with Crippen molar-refractivity contribution in [3.05, 3.63) is 68.7 Å². The minimum atomic E-state index is -1.23. The van der Waals surface area contributed by atoms with Gasteiger partial charge in [0.05, 0.1) is 16.6 Å². The number of carbonyl (C=O) groups excluding carboxylic acids is 2. The molecule has 9 heteroatoms. The Labute approximate surface area is 153 Å². The van der Waals surface area contributed by atoms with Gasteiger partial charge < -0.3 is 10.1 Å². The minimum Gasteiger partial charge on any atom is -0.449 e. The number of nitro benzene ring substituents is 1. The zero-order valence-corrected chi connectivity index (χ0v) is 14.2. The van der Waals surface area contributed by atoms with Crippen molar-refractivity contribution in [1.29, 1.82) is 5.26 Å². The van der Waals surface area contributed by atoms with E-state index in [-0.39, 0.29) is 10.6 Å². The Kier molecular flexibility index (Phi) is 5.88. The summed E-state index contributed by atoms with van der Waals surface area (Å²) < 4.78 is 4.99. The SMILES string of the molecule is C[C@H](OC(=O)c1cc(Cl)ccc1[N+](=O)[O-])C(=O)Nc1cccc(C#N)c1. The third-order valence-corrected chi connectivity index (χ3v) is 3.52. The molecule has 132 valence electrons. The van der Waals surface area contributed by atoms with Crippen LogP contribution in [0.2, 0.25) is 5.02 Å². The fourth-order valence-corrected chi connectivity index (χ4v) is 2.19. The molecule has 0 radical (unpaired) electrons. The number of carbonyl (C=O) groups is 2. The van der Waals surface area contributed by atoms with Crippen molar-refractivity contribution in [3.8, 4) is 6.07 Å². The van der Waals surface area contributed by atoms with Gasteiger partial charge in [0.2, 0.25) is 0 Å². The van der Waals surface area contributed by atoms with Gasteiger partial charge >= 0.3 is 5.97 Å². The zero-order valence-electron chi connectivity index (χ0n) is 13.4. The van der Waals surface area contributed by atoms with Crippen LogP contribution < -0.4 is 5.32 Å². The molecule has 2 aromatic rings. The van der Waals surface area contributed by atoms with E-state index in [2.05, 4.69) is 5.32 Å². The smallest absolute Gasteiger partial charge is 0.345 e. The number of anilines is 1. The lowest BCUT2D eigenvalue weighted by molar-refractivity contribution is -0.385. The van der Waals surface area contributed by atoms with Crippen LogP contribution >= 0.6 is 11.6 Å². The highest BCUT2D eigenvalue weighted by atomic mass is 35.5. The molecule has 0 aliphatic heterocycles. The molecule has 8 nitrogen and oxygen atoms in total. The van der Waals surface area contributed by atoms with Gasteiger partial charge in [-0.25, -0.2) is 4.79 Å². The van der Waals surface area contributed by atoms with Crippen LogP contribution in [0.15, 0.2) is 42.5 Å². The predicted octanol–water partition coefficient (Wildman–Crippen LogP) is 3.30. The number of nitrogens with one attached hydrogen (secondary N) is 1. The largest absolute Gasteiger partial charge is 0.449 e. The molecule has 0 aliphatic rings. The Morgan fingerprint density at radius 2 is 2.04 bits per heavy atom. The first kappa shape index (κ1) is 18.9. The molecular formula is C17H12ClN3O5. The van der Waals surface area contributed by atoms with E-state index in [0.29, 0.717) is 11.3 Å². The molecule has 0 unspecified atom stereocenters. The van der Waals surface area contributed by atoms with E-state index in [9.17, 15) is 19.7 Å². The van der Waals surface area contributed by atoms with Gasteiger partial charge in [-0.05, 0) is 37.3 Å².